The molecule has 4 aromatic rings. The summed E-state index contributed by atoms with van der Waals surface area (Å²) in [6, 6.07) is 20.5. The Hall–Kier alpha value is -3.61. The number of nitrogens with one attached hydrogen (secondary N) is 2. The van der Waals surface area contributed by atoms with Crippen LogP contribution in [0.15, 0.2) is 60.7 Å². The van der Waals surface area contributed by atoms with E-state index < -0.39 is 0 Å². The first-order valence-electron chi connectivity index (χ1n) is 12.7. The predicted octanol–water partition coefficient (Wildman–Crippen LogP) is 5.42. The highest BCUT2D eigenvalue weighted by Crippen LogP contribution is 2.43. The van der Waals surface area contributed by atoms with E-state index in [2.05, 4.69) is 51.9 Å². The highest BCUT2D eigenvalue weighted by atomic mass is 16.5. The quantitative estimate of drug-likeness (QED) is 0.260. The molecule has 6 nitrogen and oxygen atoms in total. The Kier molecular flexibility index (Phi) is 5.99. The van der Waals surface area contributed by atoms with Crippen molar-refractivity contribution in [2.45, 2.75) is 50.8 Å². The molecule has 0 spiro atoms. The van der Waals surface area contributed by atoms with Crippen molar-refractivity contribution in [1.29, 1.82) is 0 Å². The average Bonchev–Trinajstić information content (AvgIpc) is 3.47. The molecule has 1 aromatic heterocycles. The molecular weight excluding hydrogens is 450 g/mol. The summed E-state index contributed by atoms with van der Waals surface area (Å²) in [5.41, 5.74) is 10.1. The average molecular weight is 482 g/mol. The molecular formula is C30H31N3O3. The van der Waals surface area contributed by atoms with Gasteiger partial charge in [0.15, 0.2) is 0 Å². The number of methoxy groups -OCH3 is 1. The molecule has 0 radical (unpaired) electrons. The fourth-order valence-corrected chi connectivity index (χ4v) is 5.58. The highest BCUT2D eigenvalue weighted by molar-refractivity contribution is 5.82. The van der Waals surface area contributed by atoms with Gasteiger partial charge in [-0.15, -0.1) is 0 Å². The Balaban J connectivity index is 1.23. The molecule has 2 aliphatic carbocycles. The lowest BCUT2D eigenvalue weighted by atomic mass is 9.93. The number of fused-ring (bicyclic) bond motifs is 3. The molecule has 6 rings (SSSR count). The SMILES string of the molecule is COc1cc2c(cc1CN[C@H]1CC[C@H](O)CC1)Cc1c(-c3ccc(-c4ccc(O)cc4)cc3)n[nH]c1-2. The molecule has 0 saturated heterocycles. The number of aromatic amines is 1. The Morgan fingerprint density at radius 3 is 2.31 bits per heavy atom. The molecule has 184 valence electrons. The zero-order valence-corrected chi connectivity index (χ0v) is 20.4. The molecule has 6 heteroatoms. The van der Waals surface area contributed by atoms with Gasteiger partial charge < -0.3 is 20.3 Å². The van der Waals surface area contributed by atoms with Gasteiger partial charge in [-0.1, -0.05) is 36.4 Å². The van der Waals surface area contributed by atoms with Crippen LogP contribution < -0.4 is 10.1 Å². The van der Waals surface area contributed by atoms with Crippen molar-refractivity contribution < 1.29 is 14.9 Å². The molecule has 4 N–H and O–H groups in total. The topological polar surface area (TPSA) is 90.4 Å². The number of ether oxygens (including phenoxy) is 1. The smallest absolute Gasteiger partial charge is 0.124 e. The molecule has 3 aromatic carbocycles. The molecule has 0 bridgehead atoms. The minimum absolute atomic E-state index is 0.140. The van der Waals surface area contributed by atoms with Gasteiger partial charge in [-0.3, -0.25) is 5.10 Å². The normalized spacial score (nSPS) is 18.6. The third-order valence-corrected chi connectivity index (χ3v) is 7.65. The second-order valence-corrected chi connectivity index (χ2v) is 9.93. The van der Waals surface area contributed by atoms with Crippen molar-refractivity contribution in [2.75, 3.05) is 7.11 Å². The van der Waals surface area contributed by atoms with E-state index in [1.54, 1.807) is 19.2 Å². The summed E-state index contributed by atoms with van der Waals surface area (Å²) in [7, 11) is 1.73. The van der Waals surface area contributed by atoms with Crippen LogP contribution in [-0.4, -0.2) is 39.7 Å². The van der Waals surface area contributed by atoms with Gasteiger partial charge in [0.05, 0.1) is 24.6 Å². The Morgan fingerprint density at radius 2 is 1.61 bits per heavy atom. The van der Waals surface area contributed by atoms with E-state index in [1.807, 2.05) is 12.1 Å². The minimum atomic E-state index is -0.140. The van der Waals surface area contributed by atoms with Gasteiger partial charge in [0.1, 0.15) is 11.5 Å². The summed E-state index contributed by atoms with van der Waals surface area (Å²) in [4.78, 5) is 0. The first-order valence-corrected chi connectivity index (χ1v) is 12.7. The maximum atomic E-state index is 9.78. The van der Waals surface area contributed by atoms with Crippen molar-refractivity contribution >= 4 is 0 Å². The van der Waals surface area contributed by atoms with Crippen LogP contribution in [0.5, 0.6) is 11.5 Å². The van der Waals surface area contributed by atoms with Crippen LogP contribution in [0.3, 0.4) is 0 Å². The number of aliphatic hydroxyl groups excluding tert-OH is 1. The van der Waals surface area contributed by atoms with Crippen molar-refractivity contribution in [3.8, 4) is 45.1 Å². The molecule has 2 aliphatic rings. The van der Waals surface area contributed by atoms with E-state index in [4.69, 9.17) is 4.74 Å². The number of phenolic OH excluding ortho intramolecular Hbond substituents is 1. The molecule has 0 atom stereocenters. The van der Waals surface area contributed by atoms with Crippen molar-refractivity contribution in [3.05, 3.63) is 77.4 Å². The second kappa shape index (κ2) is 9.45. The Bertz CT molecular complexity index is 1370. The van der Waals surface area contributed by atoms with Gasteiger partial charge in [0.25, 0.3) is 0 Å². The largest absolute Gasteiger partial charge is 0.508 e. The van der Waals surface area contributed by atoms with Crippen molar-refractivity contribution in [2.24, 2.45) is 0 Å². The Labute approximate surface area is 211 Å². The molecule has 1 fully saturated rings. The van der Waals surface area contributed by atoms with E-state index in [9.17, 15) is 10.2 Å². The van der Waals surface area contributed by atoms with E-state index >= 15 is 0 Å². The number of nitrogens with zero attached hydrogens (tertiary/aromatic N) is 1. The van der Waals surface area contributed by atoms with Crippen LogP contribution in [0.4, 0.5) is 0 Å². The lowest BCUT2D eigenvalue weighted by Gasteiger charge is -2.26. The van der Waals surface area contributed by atoms with Crippen LogP contribution in [0.1, 0.15) is 42.4 Å². The zero-order valence-electron chi connectivity index (χ0n) is 20.4. The van der Waals surface area contributed by atoms with Gasteiger partial charge in [-0.25, -0.2) is 0 Å². The monoisotopic (exact) mass is 481 g/mol. The lowest BCUT2D eigenvalue weighted by molar-refractivity contribution is 0.116. The van der Waals surface area contributed by atoms with Gasteiger partial charge in [-0.05, 0) is 66.6 Å². The molecule has 0 amide bonds. The standard InChI is InChI=1S/C30H31N3O3/c1-36-28-16-26-21(14-22(28)17-31-23-8-12-25(35)13-9-23)15-27-29(32-33-30(26)27)20-4-2-18(3-5-20)19-6-10-24(34)11-7-19/h2-7,10-11,14,16,23,25,31,34-35H,8-9,12-13,15,17H2,1H3,(H,32,33)/t23-,25-. The van der Waals surface area contributed by atoms with Crippen LogP contribution >= 0.6 is 0 Å². The summed E-state index contributed by atoms with van der Waals surface area (Å²) < 4.78 is 5.77. The fraction of sp³-hybridized carbons (Fsp3) is 0.300. The van der Waals surface area contributed by atoms with Crippen molar-refractivity contribution in [1.82, 2.24) is 15.5 Å². The number of aromatic hydroxyl groups is 1. The summed E-state index contributed by atoms with van der Waals surface area (Å²) in [5.74, 6) is 1.16. The fourth-order valence-electron chi connectivity index (χ4n) is 5.58. The van der Waals surface area contributed by atoms with E-state index in [0.29, 0.717) is 6.04 Å². The van der Waals surface area contributed by atoms with Gasteiger partial charge in [0, 0.05) is 41.3 Å². The number of hydrogen-bond acceptors (Lipinski definition) is 5. The van der Waals surface area contributed by atoms with E-state index in [-0.39, 0.29) is 11.9 Å². The molecule has 36 heavy (non-hydrogen) atoms. The number of rotatable bonds is 6. The number of benzene rings is 3. The second-order valence-electron chi connectivity index (χ2n) is 9.93. The summed E-state index contributed by atoms with van der Waals surface area (Å²) >= 11 is 0. The summed E-state index contributed by atoms with van der Waals surface area (Å²) in [5, 5.41) is 31.0. The Morgan fingerprint density at radius 1 is 0.944 bits per heavy atom. The zero-order chi connectivity index (χ0) is 24.6. The minimum Gasteiger partial charge on any atom is -0.508 e. The summed E-state index contributed by atoms with van der Waals surface area (Å²) in [6.45, 7) is 0.759. The first kappa shape index (κ1) is 22.8. The van der Waals surface area contributed by atoms with Gasteiger partial charge >= 0.3 is 0 Å². The molecule has 1 heterocycles. The number of hydrogen-bond donors (Lipinski definition) is 4. The van der Waals surface area contributed by atoms with Crippen LogP contribution in [0.2, 0.25) is 0 Å². The number of aliphatic hydroxyl groups is 1. The number of phenols is 1. The first-order chi connectivity index (χ1) is 17.6. The maximum Gasteiger partial charge on any atom is 0.124 e. The predicted molar refractivity (Wildman–Crippen MR) is 141 cm³/mol. The van der Waals surface area contributed by atoms with E-state index in [0.717, 1.165) is 78.0 Å². The van der Waals surface area contributed by atoms with E-state index in [1.165, 1.54) is 16.7 Å². The van der Waals surface area contributed by atoms with Gasteiger partial charge in [-0.2, -0.15) is 5.10 Å². The third kappa shape index (κ3) is 4.27. The van der Waals surface area contributed by atoms with Crippen LogP contribution in [0.25, 0.3) is 33.6 Å². The van der Waals surface area contributed by atoms with Crippen LogP contribution in [0, 0.1) is 0 Å². The number of aromatic nitrogens is 2. The highest BCUT2D eigenvalue weighted by Gasteiger charge is 2.27. The third-order valence-electron chi connectivity index (χ3n) is 7.65. The number of H-pyrrole nitrogens is 1. The lowest BCUT2D eigenvalue weighted by Crippen LogP contribution is -2.34. The summed E-state index contributed by atoms with van der Waals surface area (Å²) in [6.07, 6.45) is 4.47. The van der Waals surface area contributed by atoms with Crippen molar-refractivity contribution in [3.63, 3.8) is 0 Å². The molecule has 1 saturated carbocycles. The van der Waals surface area contributed by atoms with Crippen LogP contribution in [-0.2, 0) is 13.0 Å². The van der Waals surface area contributed by atoms with Gasteiger partial charge in [0.2, 0.25) is 0 Å². The molecule has 0 aliphatic heterocycles. The molecule has 0 unspecified atom stereocenters. The maximum absolute atomic E-state index is 9.78.